The summed E-state index contributed by atoms with van der Waals surface area (Å²) in [6.45, 7) is 12.7. The molecule has 2 aromatic carbocycles. The Morgan fingerprint density at radius 1 is 0.885 bits per heavy atom. The largest absolute Gasteiger partial charge is 0.507 e. The molecule has 3 nitrogen and oxygen atoms in total. The second kappa shape index (κ2) is 6.31. The highest BCUT2D eigenvalue weighted by atomic mass is 16.3. The van der Waals surface area contributed by atoms with Gasteiger partial charge in [0.25, 0.3) is 0 Å². The second-order valence-electron chi connectivity index (χ2n) is 8.82. The molecule has 0 saturated carbocycles. The van der Waals surface area contributed by atoms with Gasteiger partial charge in [-0.3, -0.25) is 0 Å². The lowest BCUT2D eigenvalue weighted by Crippen LogP contribution is -2.17. The van der Waals surface area contributed by atoms with Crippen LogP contribution in [0.4, 0.5) is 0 Å². The highest BCUT2D eigenvalue weighted by Crippen LogP contribution is 2.40. The number of nitrogens with zero attached hydrogens (tertiary/aromatic N) is 1. The van der Waals surface area contributed by atoms with E-state index in [4.69, 9.17) is 4.42 Å². The molecule has 0 fully saturated rings. The molecule has 0 spiro atoms. The molecule has 3 heteroatoms. The predicted molar refractivity (Wildman–Crippen MR) is 108 cm³/mol. The Balaban J connectivity index is 2.06. The number of rotatable bonds is 2. The molecule has 0 radical (unpaired) electrons. The number of hydrogen-bond donors (Lipinski definition) is 1. The molecule has 0 amide bonds. The van der Waals surface area contributed by atoms with Gasteiger partial charge < -0.3 is 9.52 Å². The van der Waals surface area contributed by atoms with Crippen LogP contribution in [-0.2, 0) is 10.8 Å². The van der Waals surface area contributed by atoms with Gasteiger partial charge in [-0.15, -0.1) is 0 Å². The first-order chi connectivity index (χ1) is 12.1. The van der Waals surface area contributed by atoms with Crippen molar-refractivity contribution in [3.05, 3.63) is 59.0 Å². The first kappa shape index (κ1) is 18.2. The minimum atomic E-state index is -0.147. The SMILES string of the molecule is CC(C)(C)c1cc(C=Cc2nc3ccccc3o2)cc(C(C)(C)C)c1O. The number of phenolic OH excluding ortho intramolecular Hbond substituents is 1. The van der Waals surface area contributed by atoms with E-state index in [1.807, 2.05) is 48.6 Å². The molecule has 1 aromatic heterocycles. The van der Waals surface area contributed by atoms with E-state index in [2.05, 4.69) is 46.5 Å². The summed E-state index contributed by atoms with van der Waals surface area (Å²) < 4.78 is 5.76. The van der Waals surface area contributed by atoms with Crippen molar-refractivity contribution >= 4 is 23.3 Å². The average molecular weight is 349 g/mol. The van der Waals surface area contributed by atoms with Gasteiger partial charge in [-0.2, -0.15) is 0 Å². The van der Waals surface area contributed by atoms with Crippen molar-refractivity contribution in [2.24, 2.45) is 0 Å². The first-order valence-corrected chi connectivity index (χ1v) is 8.97. The lowest BCUT2D eigenvalue weighted by atomic mass is 9.78. The van der Waals surface area contributed by atoms with Crippen LogP contribution in [-0.4, -0.2) is 10.1 Å². The fourth-order valence-corrected chi connectivity index (χ4v) is 3.03. The number of oxazole rings is 1. The van der Waals surface area contributed by atoms with Crippen molar-refractivity contribution in [2.45, 2.75) is 52.4 Å². The molecule has 1 heterocycles. The zero-order valence-electron chi connectivity index (χ0n) is 16.4. The normalized spacial score (nSPS) is 13.0. The van der Waals surface area contributed by atoms with Crippen molar-refractivity contribution in [2.75, 3.05) is 0 Å². The molecular weight excluding hydrogens is 322 g/mol. The van der Waals surface area contributed by atoms with Crippen LogP contribution < -0.4 is 0 Å². The number of phenols is 1. The summed E-state index contributed by atoms with van der Waals surface area (Å²) in [5, 5.41) is 10.8. The summed E-state index contributed by atoms with van der Waals surface area (Å²) in [6, 6.07) is 11.8. The standard InChI is InChI=1S/C23H27NO2/c1-22(2,3)16-13-15(14-17(21(16)25)23(4,5)6)11-12-20-24-18-9-7-8-10-19(18)26-20/h7-14,25H,1-6H3. The lowest BCUT2D eigenvalue weighted by molar-refractivity contribution is 0.423. The summed E-state index contributed by atoms with van der Waals surface area (Å²) in [7, 11) is 0. The zero-order chi connectivity index (χ0) is 19.1. The van der Waals surface area contributed by atoms with E-state index in [1.54, 1.807) is 0 Å². The maximum atomic E-state index is 10.8. The molecule has 0 bridgehead atoms. The van der Waals surface area contributed by atoms with E-state index in [9.17, 15) is 5.11 Å². The topological polar surface area (TPSA) is 46.3 Å². The smallest absolute Gasteiger partial charge is 0.220 e. The van der Waals surface area contributed by atoms with Crippen LogP contribution in [0.15, 0.2) is 40.8 Å². The van der Waals surface area contributed by atoms with Crippen LogP contribution in [0.5, 0.6) is 5.75 Å². The third-order valence-electron chi connectivity index (χ3n) is 4.48. The van der Waals surface area contributed by atoms with Crippen LogP contribution in [0.3, 0.4) is 0 Å². The summed E-state index contributed by atoms with van der Waals surface area (Å²) in [5.74, 6) is 0.970. The number of fused-ring (bicyclic) bond motifs is 1. The Bertz CT molecular complexity index is 898. The van der Waals surface area contributed by atoms with E-state index in [0.717, 1.165) is 27.8 Å². The van der Waals surface area contributed by atoms with E-state index in [-0.39, 0.29) is 10.8 Å². The van der Waals surface area contributed by atoms with E-state index in [1.165, 1.54) is 0 Å². The van der Waals surface area contributed by atoms with Crippen molar-refractivity contribution in [3.63, 3.8) is 0 Å². The fraction of sp³-hybridized carbons (Fsp3) is 0.348. The van der Waals surface area contributed by atoms with Gasteiger partial charge in [0.2, 0.25) is 5.89 Å². The van der Waals surface area contributed by atoms with E-state index in [0.29, 0.717) is 11.6 Å². The monoisotopic (exact) mass is 349 g/mol. The summed E-state index contributed by atoms with van der Waals surface area (Å²) in [5.41, 5.74) is 4.26. The Kier molecular flexibility index (Phi) is 4.43. The summed E-state index contributed by atoms with van der Waals surface area (Å²) in [6.07, 6.45) is 3.87. The van der Waals surface area contributed by atoms with Crippen molar-refractivity contribution < 1.29 is 9.52 Å². The Hall–Kier alpha value is -2.55. The van der Waals surface area contributed by atoms with Gasteiger partial charge in [-0.25, -0.2) is 4.98 Å². The van der Waals surface area contributed by atoms with Gasteiger partial charge in [-0.1, -0.05) is 53.7 Å². The number of hydrogen-bond acceptors (Lipinski definition) is 3. The van der Waals surface area contributed by atoms with Crippen LogP contribution in [0.1, 0.15) is 64.1 Å². The molecule has 3 aromatic rings. The third-order valence-corrected chi connectivity index (χ3v) is 4.48. The molecule has 0 atom stereocenters. The highest BCUT2D eigenvalue weighted by Gasteiger charge is 2.26. The molecule has 1 N–H and O–H groups in total. The first-order valence-electron chi connectivity index (χ1n) is 8.97. The van der Waals surface area contributed by atoms with Gasteiger partial charge in [0, 0.05) is 17.2 Å². The van der Waals surface area contributed by atoms with Crippen molar-refractivity contribution in [1.29, 1.82) is 0 Å². The van der Waals surface area contributed by atoms with Crippen LogP contribution in [0.25, 0.3) is 23.3 Å². The van der Waals surface area contributed by atoms with Crippen LogP contribution >= 0.6 is 0 Å². The van der Waals surface area contributed by atoms with Gasteiger partial charge in [0.15, 0.2) is 5.58 Å². The summed E-state index contributed by atoms with van der Waals surface area (Å²) in [4.78, 5) is 4.48. The number of benzene rings is 2. The molecule has 0 aliphatic rings. The Labute approximate surface area is 155 Å². The van der Waals surface area contributed by atoms with Gasteiger partial charge in [0.1, 0.15) is 11.3 Å². The lowest BCUT2D eigenvalue weighted by Gasteiger charge is -2.27. The summed E-state index contributed by atoms with van der Waals surface area (Å²) >= 11 is 0. The highest BCUT2D eigenvalue weighted by molar-refractivity contribution is 5.76. The molecular formula is C23H27NO2. The predicted octanol–water partition coefficient (Wildman–Crippen LogP) is 6.30. The Morgan fingerprint density at radius 2 is 1.46 bits per heavy atom. The van der Waals surface area contributed by atoms with E-state index >= 15 is 0 Å². The van der Waals surface area contributed by atoms with Gasteiger partial charge in [0.05, 0.1) is 0 Å². The maximum Gasteiger partial charge on any atom is 0.220 e. The molecule has 0 saturated heterocycles. The van der Waals surface area contributed by atoms with Gasteiger partial charge in [-0.05, 0) is 46.7 Å². The molecule has 3 rings (SSSR count). The number of para-hydroxylation sites is 2. The zero-order valence-corrected chi connectivity index (χ0v) is 16.4. The second-order valence-corrected chi connectivity index (χ2v) is 8.82. The van der Waals surface area contributed by atoms with Crippen LogP contribution in [0, 0.1) is 0 Å². The number of aromatic hydroxyl groups is 1. The minimum absolute atomic E-state index is 0.147. The molecule has 0 aliphatic carbocycles. The maximum absolute atomic E-state index is 10.8. The van der Waals surface area contributed by atoms with Gasteiger partial charge >= 0.3 is 0 Å². The van der Waals surface area contributed by atoms with Crippen molar-refractivity contribution in [3.8, 4) is 5.75 Å². The van der Waals surface area contributed by atoms with Crippen molar-refractivity contribution in [1.82, 2.24) is 4.98 Å². The third kappa shape index (κ3) is 3.67. The molecule has 0 aliphatic heterocycles. The number of aromatic nitrogens is 1. The van der Waals surface area contributed by atoms with Crippen LogP contribution in [0.2, 0.25) is 0 Å². The Morgan fingerprint density at radius 3 is 2.00 bits per heavy atom. The molecule has 136 valence electrons. The molecule has 26 heavy (non-hydrogen) atoms. The fourth-order valence-electron chi connectivity index (χ4n) is 3.03. The van der Waals surface area contributed by atoms with E-state index < -0.39 is 0 Å². The molecule has 0 unspecified atom stereocenters. The minimum Gasteiger partial charge on any atom is -0.507 e. The average Bonchev–Trinajstić information content (AvgIpc) is 2.94. The quantitative estimate of drug-likeness (QED) is 0.590.